The zero-order valence-corrected chi connectivity index (χ0v) is 16.1. The maximum atomic E-state index is 11.3. The number of carboxylic acid groups (broad SMARTS) is 1. The number of rotatable bonds is 6. The Balaban J connectivity index is 1.79. The number of aliphatic carboxylic acids is 1. The molecule has 0 fully saturated rings. The second-order valence-electron chi connectivity index (χ2n) is 6.85. The van der Waals surface area contributed by atoms with Crippen LogP contribution in [0.15, 0.2) is 53.6 Å². The number of aliphatic hydroxyl groups is 1. The number of nitrogens with zero attached hydrogens (tertiary/aromatic N) is 1. The third-order valence-electron chi connectivity index (χ3n) is 4.82. The Labute approximate surface area is 163 Å². The van der Waals surface area contributed by atoms with Crippen molar-refractivity contribution in [1.29, 1.82) is 0 Å². The Morgan fingerprint density at radius 3 is 2.44 bits per heavy atom. The van der Waals surface area contributed by atoms with Crippen molar-refractivity contribution in [2.45, 2.75) is 25.5 Å². The summed E-state index contributed by atoms with van der Waals surface area (Å²) >= 11 is 6.45. The molecule has 1 aliphatic rings. The molecule has 1 atom stereocenters. The number of carboxylic acids is 1. The van der Waals surface area contributed by atoms with E-state index in [0.29, 0.717) is 34.7 Å². The molecule has 5 nitrogen and oxygen atoms in total. The monoisotopic (exact) mass is 386 g/mol. The molecule has 0 spiro atoms. The fourth-order valence-electron chi connectivity index (χ4n) is 3.34. The van der Waals surface area contributed by atoms with E-state index in [2.05, 4.69) is 5.32 Å². The van der Waals surface area contributed by atoms with E-state index >= 15 is 0 Å². The van der Waals surface area contributed by atoms with Gasteiger partial charge in [0.2, 0.25) is 0 Å². The normalized spacial score (nSPS) is 15.0. The minimum absolute atomic E-state index is 0.304. The minimum Gasteiger partial charge on any atom is -0.478 e. The van der Waals surface area contributed by atoms with E-state index in [0.717, 1.165) is 23.2 Å². The number of hydrogen-bond acceptors (Lipinski definition) is 4. The van der Waals surface area contributed by atoms with Crippen molar-refractivity contribution in [2.24, 2.45) is 0 Å². The smallest absolute Gasteiger partial charge is 0.331 e. The Morgan fingerprint density at radius 1 is 1.15 bits per heavy atom. The van der Waals surface area contributed by atoms with Crippen LogP contribution in [-0.2, 0) is 4.79 Å². The van der Waals surface area contributed by atoms with Crippen LogP contribution in [0.25, 0.3) is 11.1 Å². The lowest BCUT2D eigenvalue weighted by atomic mass is 10.0. The molecule has 6 heteroatoms. The van der Waals surface area contributed by atoms with Crippen molar-refractivity contribution < 1.29 is 15.0 Å². The minimum atomic E-state index is -1.03. The average Bonchev–Trinajstić information content (AvgIpc) is 3.12. The molecule has 0 aromatic heterocycles. The molecule has 3 N–H and O–H groups in total. The van der Waals surface area contributed by atoms with Gasteiger partial charge in [-0.3, -0.25) is 0 Å². The summed E-state index contributed by atoms with van der Waals surface area (Å²) in [5.74, 6) is -0.960. The zero-order valence-electron chi connectivity index (χ0n) is 15.4. The summed E-state index contributed by atoms with van der Waals surface area (Å²) in [6.07, 6.45) is 0.796. The lowest BCUT2D eigenvalue weighted by Gasteiger charge is -2.18. The van der Waals surface area contributed by atoms with E-state index < -0.39 is 12.2 Å². The average molecular weight is 387 g/mol. The van der Waals surface area contributed by atoms with E-state index in [1.165, 1.54) is 0 Å². The predicted octanol–water partition coefficient (Wildman–Crippen LogP) is 4.37. The van der Waals surface area contributed by atoms with Crippen molar-refractivity contribution in [3.05, 3.63) is 58.6 Å². The van der Waals surface area contributed by atoms with Crippen LogP contribution in [0.3, 0.4) is 0 Å². The molecule has 0 saturated carbocycles. The van der Waals surface area contributed by atoms with E-state index in [1.807, 2.05) is 55.4 Å². The molecule has 2 aromatic carbocycles. The van der Waals surface area contributed by atoms with Crippen LogP contribution in [0.2, 0.25) is 5.02 Å². The van der Waals surface area contributed by atoms with Gasteiger partial charge in [-0.15, -0.1) is 0 Å². The van der Waals surface area contributed by atoms with Gasteiger partial charge in [-0.05, 0) is 54.7 Å². The zero-order chi connectivity index (χ0) is 19.6. The standard InChI is InChI=1S/C21H23ClN2O3/c1-24(2)15-9-6-13(7-10-15)16-11-8-14(12-19(16)22)23-20(25)17-4-3-5-18(17)21(26)27/h6-12,20,23,25H,3-5H2,1-2H3,(H,26,27). The molecule has 0 radical (unpaired) electrons. The first-order valence-corrected chi connectivity index (χ1v) is 9.21. The van der Waals surface area contributed by atoms with Crippen LogP contribution in [-0.4, -0.2) is 36.5 Å². The van der Waals surface area contributed by atoms with Crippen LogP contribution in [0.1, 0.15) is 19.3 Å². The molecule has 3 rings (SSSR count). The van der Waals surface area contributed by atoms with Gasteiger partial charge in [-0.2, -0.15) is 0 Å². The van der Waals surface area contributed by atoms with Gasteiger partial charge in [0.1, 0.15) is 6.23 Å². The highest BCUT2D eigenvalue weighted by molar-refractivity contribution is 6.33. The molecule has 0 amide bonds. The third-order valence-corrected chi connectivity index (χ3v) is 5.13. The highest BCUT2D eigenvalue weighted by Gasteiger charge is 2.25. The number of nitrogens with one attached hydrogen (secondary N) is 1. The largest absolute Gasteiger partial charge is 0.478 e. The third kappa shape index (κ3) is 4.26. The highest BCUT2D eigenvalue weighted by Crippen LogP contribution is 2.33. The first kappa shape index (κ1) is 19.3. The molecule has 1 aliphatic carbocycles. The lowest BCUT2D eigenvalue weighted by Crippen LogP contribution is -2.22. The summed E-state index contributed by atoms with van der Waals surface area (Å²) in [5.41, 5.74) is 4.50. The van der Waals surface area contributed by atoms with Gasteiger partial charge in [-0.1, -0.05) is 29.8 Å². The van der Waals surface area contributed by atoms with Gasteiger partial charge in [0.05, 0.1) is 5.02 Å². The van der Waals surface area contributed by atoms with Crippen molar-refractivity contribution in [3.63, 3.8) is 0 Å². The quantitative estimate of drug-likeness (QED) is 0.643. The number of halogens is 1. The van der Waals surface area contributed by atoms with Crippen molar-refractivity contribution in [1.82, 2.24) is 0 Å². The van der Waals surface area contributed by atoms with Gasteiger partial charge in [0.15, 0.2) is 0 Å². The summed E-state index contributed by atoms with van der Waals surface area (Å²) in [5, 5.41) is 23.2. The predicted molar refractivity (Wildman–Crippen MR) is 109 cm³/mol. The molecule has 0 heterocycles. The Kier molecular flexibility index (Phi) is 5.73. The number of anilines is 2. The molecule has 27 heavy (non-hydrogen) atoms. The van der Waals surface area contributed by atoms with Crippen LogP contribution in [0.4, 0.5) is 11.4 Å². The van der Waals surface area contributed by atoms with E-state index in [4.69, 9.17) is 11.6 Å². The second kappa shape index (κ2) is 8.03. The van der Waals surface area contributed by atoms with Crippen molar-refractivity contribution in [3.8, 4) is 11.1 Å². The van der Waals surface area contributed by atoms with E-state index in [9.17, 15) is 15.0 Å². The summed E-state index contributed by atoms with van der Waals surface area (Å²) in [4.78, 5) is 13.3. The highest BCUT2D eigenvalue weighted by atomic mass is 35.5. The summed E-state index contributed by atoms with van der Waals surface area (Å²) in [6.45, 7) is 0. The number of hydrogen-bond donors (Lipinski definition) is 3. The second-order valence-corrected chi connectivity index (χ2v) is 7.25. The van der Waals surface area contributed by atoms with Crippen LogP contribution in [0, 0.1) is 0 Å². The van der Waals surface area contributed by atoms with E-state index in [1.54, 1.807) is 6.07 Å². The van der Waals surface area contributed by atoms with Gasteiger partial charge < -0.3 is 20.4 Å². The Hall–Kier alpha value is -2.50. The molecule has 0 saturated heterocycles. The van der Waals surface area contributed by atoms with E-state index in [-0.39, 0.29) is 0 Å². The SMILES string of the molecule is CN(C)c1ccc(-c2ccc(NC(O)C3=C(C(=O)O)CCC3)cc2Cl)cc1. The lowest BCUT2D eigenvalue weighted by molar-refractivity contribution is -0.132. The Morgan fingerprint density at radius 2 is 1.85 bits per heavy atom. The van der Waals surface area contributed by atoms with Crippen LogP contribution >= 0.6 is 11.6 Å². The topological polar surface area (TPSA) is 72.8 Å². The maximum absolute atomic E-state index is 11.3. The molecular weight excluding hydrogens is 364 g/mol. The number of benzene rings is 2. The van der Waals surface area contributed by atoms with Crippen LogP contribution < -0.4 is 10.2 Å². The molecule has 142 valence electrons. The first-order valence-electron chi connectivity index (χ1n) is 8.84. The summed E-state index contributed by atoms with van der Waals surface area (Å²) < 4.78 is 0. The fourth-order valence-corrected chi connectivity index (χ4v) is 3.63. The molecule has 0 aliphatic heterocycles. The van der Waals surface area contributed by atoms with Crippen LogP contribution in [0.5, 0.6) is 0 Å². The molecular formula is C21H23ClN2O3. The first-order chi connectivity index (χ1) is 12.9. The van der Waals surface area contributed by atoms with Gasteiger partial charge in [0.25, 0.3) is 0 Å². The Bertz CT molecular complexity index is 875. The molecule has 0 bridgehead atoms. The van der Waals surface area contributed by atoms with Gasteiger partial charge >= 0.3 is 5.97 Å². The van der Waals surface area contributed by atoms with Gasteiger partial charge in [-0.25, -0.2) is 4.79 Å². The maximum Gasteiger partial charge on any atom is 0.331 e. The number of carbonyl (C=O) groups is 1. The summed E-state index contributed by atoms with van der Waals surface area (Å²) in [6, 6.07) is 13.6. The van der Waals surface area contributed by atoms with Gasteiger partial charge in [0, 0.05) is 36.6 Å². The fraction of sp³-hybridized carbons (Fsp3) is 0.286. The van der Waals surface area contributed by atoms with Crippen molar-refractivity contribution >= 4 is 28.9 Å². The number of aliphatic hydroxyl groups excluding tert-OH is 1. The summed E-state index contributed by atoms with van der Waals surface area (Å²) in [7, 11) is 3.98. The van der Waals surface area contributed by atoms with Crippen molar-refractivity contribution in [2.75, 3.05) is 24.3 Å². The molecule has 2 aromatic rings. The molecule has 1 unspecified atom stereocenters.